The molecule has 96 valence electrons. The van der Waals surface area contributed by atoms with Gasteiger partial charge in [0.1, 0.15) is 13.2 Å². The van der Waals surface area contributed by atoms with Crippen LogP contribution in [0, 0.1) is 0 Å². The molecule has 0 radical (unpaired) electrons. The van der Waals surface area contributed by atoms with Gasteiger partial charge in [0, 0.05) is 11.1 Å². The average molecular weight is 250 g/mol. The van der Waals surface area contributed by atoms with E-state index < -0.39 is 11.8 Å². The SMILES string of the molecule is CC(C)c1c(C(=O)C(=O)O)ccc2c1OCCO2. The van der Waals surface area contributed by atoms with Crippen molar-refractivity contribution >= 4 is 11.8 Å². The van der Waals surface area contributed by atoms with Crippen molar-refractivity contribution in [3.05, 3.63) is 23.3 Å². The highest BCUT2D eigenvalue weighted by atomic mass is 16.6. The molecule has 0 atom stereocenters. The number of fused-ring (bicyclic) bond motifs is 1. The van der Waals surface area contributed by atoms with Crippen molar-refractivity contribution in [3.63, 3.8) is 0 Å². The van der Waals surface area contributed by atoms with Crippen molar-refractivity contribution in [2.75, 3.05) is 13.2 Å². The zero-order valence-electron chi connectivity index (χ0n) is 10.2. The molecule has 18 heavy (non-hydrogen) atoms. The van der Waals surface area contributed by atoms with Crippen LogP contribution in [0.3, 0.4) is 0 Å². The average Bonchev–Trinajstić information content (AvgIpc) is 2.36. The number of hydrogen-bond donors (Lipinski definition) is 1. The van der Waals surface area contributed by atoms with Gasteiger partial charge in [0.05, 0.1) is 0 Å². The molecule has 0 spiro atoms. The van der Waals surface area contributed by atoms with Gasteiger partial charge < -0.3 is 14.6 Å². The number of benzene rings is 1. The lowest BCUT2D eigenvalue weighted by atomic mass is 9.93. The molecule has 0 unspecified atom stereocenters. The van der Waals surface area contributed by atoms with E-state index in [0.29, 0.717) is 30.3 Å². The van der Waals surface area contributed by atoms with Crippen molar-refractivity contribution in [1.82, 2.24) is 0 Å². The number of rotatable bonds is 3. The van der Waals surface area contributed by atoms with Gasteiger partial charge in [0.2, 0.25) is 0 Å². The van der Waals surface area contributed by atoms with Crippen molar-refractivity contribution in [3.8, 4) is 11.5 Å². The van der Waals surface area contributed by atoms with Crippen molar-refractivity contribution in [2.45, 2.75) is 19.8 Å². The predicted molar refractivity (Wildman–Crippen MR) is 63.5 cm³/mol. The molecule has 2 rings (SSSR count). The standard InChI is InChI=1S/C13H14O5/c1-7(2)10-8(11(14)13(15)16)3-4-9-12(10)18-6-5-17-9/h3-4,7H,5-6H2,1-2H3,(H,15,16). The summed E-state index contributed by atoms with van der Waals surface area (Å²) in [6, 6.07) is 3.07. The number of carbonyl (C=O) groups is 2. The Balaban J connectivity index is 2.60. The molecular formula is C13H14O5. The van der Waals surface area contributed by atoms with Crippen LogP contribution < -0.4 is 9.47 Å². The van der Waals surface area contributed by atoms with E-state index in [4.69, 9.17) is 14.6 Å². The molecule has 0 aromatic heterocycles. The minimum atomic E-state index is -1.46. The third kappa shape index (κ3) is 2.03. The lowest BCUT2D eigenvalue weighted by Gasteiger charge is -2.24. The Kier molecular flexibility index (Phi) is 3.23. The van der Waals surface area contributed by atoms with Crippen LogP contribution in [0.2, 0.25) is 0 Å². The highest BCUT2D eigenvalue weighted by molar-refractivity contribution is 6.40. The number of Topliss-reactive ketones (excluding diaryl/α,β-unsaturated/α-hetero) is 1. The highest BCUT2D eigenvalue weighted by Gasteiger charge is 2.27. The molecule has 1 aliphatic heterocycles. The smallest absolute Gasteiger partial charge is 0.377 e. The maximum absolute atomic E-state index is 11.7. The summed E-state index contributed by atoms with van der Waals surface area (Å²) in [6.45, 7) is 4.62. The summed E-state index contributed by atoms with van der Waals surface area (Å²) in [5.41, 5.74) is 0.765. The minimum Gasteiger partial charge on any atom is -0.486 e. The lowest BCUT2D eigenvalue weighted by Crippen LogP contribution is -2.21. The molecule has 0 saturated carbocycles. The summed E-state index contributed by atoms with van der Waals surface area (Å²) >= 11 is 0. The van der Waals surface area contributed by atoms with Gasteiger partial charge >= 0.3 is 5.97 Å². The summed E-state index contributed by atoms with van der Waals surface area (Å²) in [6.07, 6.45) is 0. The second kappa shape index (κ2) is 4.68. The highest BCUT2D eigenvalue weighted by Crippen LogP contribution is 2.40. The fourth-order valence-corrected chi connectivity index (χ4v) is 2.02. The monoisotopic (exact) mass is 250 g/mol. The number of ether oxygens (including phenoxy) is 2. The van der Waals surface area contributed by atoms with Crippen molar-refractivity contribution < 1.29 is 24.2 Å². The summed E-state index contributed by atoms with van der Waals surface area (Å²) in [7, 11) is 0. The van der Waals surface area contributed by atoms with Gasteiger partial charge in [-0.2, -0.15) is 0 Å². The van der Waals surface area contributed by atoms with Gasteiger partial charge in [-0.1, -0.05) is 13.8 Å². The molecule has 1 aromatic carbocycles. The van der Waals surface area contributed by atoms with Crippen LogP contribution >= 0.6 is 0 Å². The van der Waals surface area contributed by atoms with Crippen LogP contribution in [0.5, 0.6) is 11.5 Å². The molecule has 0 saturated heterocycles. The van der Waals surface area contributed by atoms with Crippen LogP contribution in [-0.4, -0.2) is 30.1 Å². The second-order valence-corrected chi connectivity index (χ2v) is 4.34. The Morgan fingerprint density at radius 3 is 2.50 bits per heavy atom. The molecule has 1 aromatic rings. The first-order chi connectivity index (χ1) is 8.52. The van der Waals surface area contributed by atoms with E-state index in [1.807, 2.05) is 13.8 Å². The fourth-order valence-electron chi connectivity index (χ4n) is 2.02. The Morgan fingerprint density at radius 1 is 1.22 bits per heavy atom. The number of carboxylic acids is 1. The third-order valence-corrected chi connectivity index (χ3v) is 2.76. The summed E-state index contributed by atoms with van der Waals surface area (Å²) < 4.78 is 10.9. The van der Waals surface area contributed by atoms with Gasteiger partial charge in [0.15, 0.2) is 11.5 Å². The van der Waals surface area contributed by atoms with E-state index in [2.05, 4.69) is 0 Å². The quantitative estimate of drug-likeness (QED) is 0.654. The minimum absolute atomic E-state index is 0.0278. The van der Waals surface area contributed by atoms with Gasteiger partial charge in [-0.25, -0.2) is 4.79 Å². The third-order valence-electron chi connectivity index (χ3n) is 2.76. The van der Waals surface area contributed by atoms with Crippen LogP contribution in [0.15, 0.2) is 12.1 Å². The molecule has 0 amide bonds. The maximum Gasteiger partial charge on any atom is 0.377 e. The Labute approximate surface area is 104 Å². The van der Waals surface area contributed by atoms with E-state index in [1.54, 1.807) is 6.07 Å². The Hall–Kier alpha value is -2.04. The molecule has 0 bridgehead atoms. The summed E-state index contributed by atoms with van der Waals surface area (Å²) in [5.74, 6) is -1.36. The first-order valence-corrected chi connectivity index (χ1v) is 5.72. The lowest BCUT2D eigenvalue weighted by molar-refractivity contribution is -0.131. The van der Waals surface area contributed by atoms with Gasteiger partial charge in [-0.3, -0.25) is 4.79 Å². The van der Waals surface area contributed by atoms with Crippen LogP contribution in [0.4, 0.5) is 0 Å². The van der Waals surface area contributed by atoms with E-state index in [9.17, 15) is 9.59 Å². The van der Waals surface area contributed by atoms with Crippen molar-refractivity contribution in [2.24, 2.45) is 0 Å². The Bertz CT molecular complexity index is 504. The molecule has 0 fully saturated rings. The van der Waals surface area contributed by atoms with Crippen LogP contribution in [0.1, 0.15) is 35.7 Å². The van der Waals surface area contributed by atoms with E-state index >= 15 is 0 Å². The zero-order valence-corrected chi connectivity index (χ0v) is 10.2. The molecule has 5 heteroatoms. The topological polar surface area (TPSA) is 72.8 Å². The second-order valence-electron chi connectivity index (χ2n) is 4.34. The first kappa shape index (κ1) is 12.4. The van der Waals surface area contributed by atoms with Gasteiger partial charge in [-0.05, 0) is 18.1 Å². The fraction of sp³-hybridized carbons (Fsp3) is 0.385. The predicted octanol–water partition coefficient (Wildman–Crippen LogP) is 1.85. The largest absolute Gasteiger partial charge is 0.486 e. The molecule has 5 nitrogen and oxygen atoms in total. The number of ketones is 1. The number of hydrogen-bond acceptors (Lipinski definition) is 4. The van der Waals surface area contributed by atoms with Gasteiger partial charge in [-0.15, -0.1) is 0 Å². The molecular weight excluding hydrogens is 236 g/mol. The van der Waals surface area contributed by atoms with E-state index in [1.165, 1.54) is 6.07 Å². The Morgan fingerprint density at radius 2 is 1.89 bits per heavy atom. The zero-order chi connectivity index (χ0) is 13.3. The number of aliphatic carboxylic acids is 1. The maximum atomic E-state index is 11.7. The van der Waals surface area contributed by atoms with Crippen LogP contribution in [-0.2, 0) is 4.79 Å². The normalized spacial score (nSPS) is 13.5. The molecule has 1 heterocycles. The number of carboxylic acid groups (broad SMARTS) is 1. The summed E-state index contributed by atoms with van der Waals surface area (Å²) in [5, 5.41) is 8.82. The van der Waals surface area contributed by atoms with Crippen LogP contribution in [0.25, 0.3) is 0 Å². The molecule has 1 N–H and O–H groups in total. The van der Waals surface area contributed by atoms with Gasteiger partial charge in [0.25, 0.3) is 5.78 Å². The van der Waals surface area contributed by atoms with E-state index in [0.717, 1.165) is 0 Å². The first-order valence-electron chi connectivity index (χ1n) is 5.72. The summed E-state index contributed by atoms with van der Waals surface area (Å²) in [4.78, 5) is 22.5. The molecule has 1 aliphatic rings. The van der Waals surface area contributed by atoms with E-state index in [-0.39, 0.29) is 11.5 Å². The van der Waals surface area contributed by atoms with Crippen molar-refractivity contribution in [1.29, 1.82) is 0 Å². The number of carbonyl (C=O) groups excluding carboxylic acids is 1. The molecule has 0 aliphatic carbocycles.